The molecule has 11 rings (SSSR count). The summed E-state index contributed by atoms with van der Waals surface area (Å²) in [5.74, 6) is 0. The molecule has 0 saturated heterocycles. The fraction of sp³-hybridized carbons (Fsp3) is 0.255. The van der Waals surface area contributed by atoms with Gasteiger partial charge < -0.3 is 9.47 Å². The summed E-state index contributed by atoms with van der Waals surface area (Å²) in [5, 5.41) is 2.64. The van der Waals surface area contributed by atoms with Crippen LogP contribution in [0.2, 0.25) is 0 Å². The Labute approximate surface area is 313 Å². The quantitative estimate of drug-likeness (QED) is 0.180. The maximum Gasteiger partial charge on any atom is 0.0582 e. The zero-order chi connectivity index (χ0) is 36.0. The van der Waals surface area contributed by atoms with E-state index in [-0.39, 0.29) is 16.2 Å². The van der Waals surface area contributed by atoms with E-state index in [1.807, 2.05) is 0 Å². The van der Waals surface area contributed by atoms with Crippen LogP contribution < -0.4 is 4.90 Å². The number of benzene rings is 5. The first-order valence-electron chi connectivity index (χ1n) is 19.6. The Hall–Kier alpha value is -5.34. The summed E-state index contributed by atoms with van der Waals surface area (Å²) in [6.07, 6.45) is 11.8. The first-order chi connectivity index (χ1) is 25.6. The van der Waals surface area contributed by atoms with Gasteiger partial charge in [0.1, 0.15) is 0 Å². The van der Waals surface area contributed by atoms with E-state index in [9.17, 15) is 0 Å². The zero-order valence-electron chi connectivity index (χ0n) is 31.8. The first kappa shape index (κ1) is 31.2. The number of fused-ring (bicyclic) bond motifs is 9. The second-order valence-electron chi connectivity index (χ2n) is 17.6. The van der Waals surface area contributed by atoms with Gasteiger partial charge in [-0.2, -0.15) is 0 Å². The monoisotopic (exact) mass is 686 g/mol. The Kier molecular flexibility index (Phi) is 6.13. The predicted molar refractivity (Wildman–Crippen MR) is 223 cm³/mol. The topological polar surface area (TPSA) is 8.17 Å². The molecule has 2 nitrogen and oxygen atoms in total. The number of nitrogens with zero attached hydrogens (tertiary/aromatic N) is 2. The van der Waals surface area contributed by atoms with Gasteiger partial charge in [0, 0.05) is 44.1 Å². The highest BCUT2D eigenvalue weighted by Crippen LogP contribution is 2.56. The molecule has 0 spiro atoms. The van der Waals surface area contributed by atoms with Crippen molar-refractivity contribution >= 4 is 33.2 Å². The molecular formula is C51H46N2. The second-order valence-corrected chi connectivity index (χ2v) is 17.6. The number of anilines is 2. The first-order valence-corrected chi connectivity index (χ1v) is 19.6. The van der Waals surface area contributed by atoms with E-state index in [4.69, 9.17) is 0 Å². The molecule has 0 N–H and O–H groups in total. The molecule has 2 heterocycles. The smallest absolute Gasteiger partial charge is 0.0582 e. The number of hydrogen-bond acceptors (Lipinski definition) is 1. The Morgan fingerprint density at radius 3 is 2.11 bits per heavy atom. The van der Waals surface area contributed by atoms with Gasteiger partial charge >= 0.3 is 0 Å². The third-order valence-corrected chi connectivity index (χ3v) is 13.8. The van der Waals surface area contributed by atoms with E-state index in [0.717, 1.165) is 19.3 Å². The van der Waals surface area contributed by atoms with E-state index >= 15 is 0 Å². The molecule has 53 heavy (non-hydrogen) atoms. The number of hydrogen-bond donors (Lipinski definition) is 0. The van der Waals surface area contributed by atoms with Gasteiger partial charge in [0.15, 0.2) is 0 Å². The lowest BCUT2D eigenvalue weighted by atomic mass is 9.75. The molecule has 5 aliphatic rings. The molecule has 0 saturated carbocycles. The average molecular weight is 687 g/mol. The van der Waals surface area contributed by atoms with Crippen LogP contribution in [0.3, 0.4) is 0 Å². The average Bonchev–Trinajstić information content (AvgIpc) is 3.71. The van der Waals surface area contributed by atoms with Crippen LogP contribution in [-0.2, 0) is 10.8 Å². The fourth-order valence-corrected chi connectivity index (χ4v) is 11.1. The Balaban J connectivity index is 1.14. The standard InChI is InChI=1S/C51H46N2/c1-49(2)40-17-9-7-14-34(40)36-25-22-32(29-44(36)49)52(33-23-26-37-35-15-8-10-18-41(35)50(3,4)45(37)30-33)31-24-27-46-39(28-31)38-16-13-20-43-48(38)53(46)47-21-12-11-19-42(47)51(43,5)6/h7,9-14,16-22,24-25,27-30H,8,15,23,26H2,1-6H3. The molecule has 1 aliphatic heterocycles. The third-order valence-electron chi connectivity index (χ3n) is 13.8. The van der Waals surface area contributed by atoms with E-state index < -0.39 is 0 Å². The largest absolute Gasteiger partial charge is 0.314 e. The van der Waals surface area contributed by atoms with Crippen LogP contribution in [0.15, 0.2) is 149 Å². The van der Waals surface area contributed by atoms with Gasteiger partial charge in [0.25, 0.3) is 0 Å². The minimum atomic E-state index is -0.0844. The van der Waals surface area contributed by atoms with Gasteiger partial charge in [-0.15, -0.1) is 0 Å². The molecule has 260 valence electrons. The minimum Gasteiger partial charge on any atom is -0.314 e. The van der Waals surface area contributed by atoms with Crippen molar-refractivity contribution in [2.45, 2.75) is 78.1 Å². The maximum atomic E-state index is 2.61. The van der Waals surface area contributed by atoms with Crippen molar-refractivity contribution in [3.63, 3.8) is 0 Å². The van der Waals surface area contributed by atoms with Crippen LogP contribution in [0, 0.1) is 5.41 Å². The number of rotatable bonds is 3. The lowest BCUT2D eigenvalue weighted by Crippen LogP contribution is -2.26. The van der Waals surface area contributed by atoms with Crippen molar-refractivity contribution < 1.29 is 0 Å². The van der Waals surface area contributed by atoms with Crippen molar-refractivity contribution in [2.75, 3.05) is 4.90 Å². The van der Waals surface area contributed by atoms with Crippen molar-refractivity contribution in [1.82, 2.24) is 4.57 Å². The second kappa shape index (κ2) is 10.4. The summed E-state index contributed by atoms with van der Waals surface area (Å²) in [6.45, 7) is 14.4. The van der Waals surface area contributed by atoms with E-state index in [1.54, 1.807) is 11.1 Å². The summed E-state index contributed by atoms with van der Waals surface area (Å²) in [4.78, 5) is 2.61. The predicted octanol–water partition coefficient (Wildman–Crippen LogP) is 13.5. The lowest BCUT2D eigenvalue weighted by molar-refractivity contribution is 0.566. The Morgan fingerprint density at radius 1 is 0.547 bits per heavy atom. The molecule has 5 aromatic carbocycles. The highest BCUT2D eigenvalue weighted by molar-refractivity contribution is 6.12. The van der Waals surface area contributed by atoms with Crippen LogP contribution in [-0.4, -0.2) is 4.57 Å². The van der Waals surface area contributed by atoms with Crippen molar-refractivity contribution in [3.8, 4) is 16.8 Å². The normalized spacial score (nSPS) is 19.5. The van der Waals surface area contributed by atoms with Gasteiger partial charge in [-0.1, -0.05) is 120 Å². The van der Waals surface area contributed by atoms with E-state index in [1.165, 1.54) is 95.5 Å². The van der Waals surface area contributed by atoms with Crippen LogP contribution >= 0.6 is 0 Å². The maximum absolute atomic E-state index is 2.61. The van der Waals surface area contributed by atoms with Crippen molar-refractivity contribution in [1.29, 1.82) is 0 Å². The SMILES string of the molecule is CC1(C)C2=C(CCC=C2)C2=C1C=C(N(c1ccc3c(c1)C(C)(C)c1ccccc1-3)c1ccc3c(c1)c1cccc4c1n3-c1ccccc1C4(C)C)CC2. The third kappa shape index (κ3) is 3.99. The summed E-state index contributed by atoms with van der Waals surface area (Å²) < 4.78 is 2.53. The summed E-state index contributed by atoms with van der Waals surface area (Å²) in [6, 6.07) is 39.5. The summed E-state index contributed by atoms with van der Waals surface area (Å²) in [7, 11) is 0. The lowest BCUT2D eigenvalue weighted by Gasteiger charge is -2.34. The molecule has 0 atom stereocenters. The van der Waals surface area contributed by atoms with Gasteiger partial charge in [-0.05, 0) is 124 Å². The molecule has 0 bridgehead atoms. The molecule has 0 unspecified atom stereocenters. The number of aromatic nitrogens is 1. The zero-order valence-corrected chi connectivity index (χ0v) is 31.8. The molecule has 1 aromatic heterocycles. The van der Waals surface area contributed by atoms with Gasteiger partial charge in [-0.25, -0.2) is 0 Å². The van der Waals surface area contributed by atoms with Crippen LogP contribution in [0.5, 0.6) is 0 Å². The van der Waals surface area contributed by atoms with Crippen molar-refractivity contribution in [2.24, 2.45) is 5.41 Å². The minimum absolute atomic E-state index is 0.00369. The van der Waals surface area contributed by atoms with Gasteiger partial charge in [-0.3, -0.25) is 0 Å². The summed E-state index contributed by atoms with van der Waals surface area (Å²) >= 11 is 0. The van der Waals surface area contributed by atoms with Crippen molar-refractivity contribution in [3.05, 3.63) is 172 Å². The molecule has 0 amide bonds. The Bertz CT molecular complexity index is 2750. The van der Waals surface area contributed by atoms with Gasteiger partial charge in [0.2, 0.25) is 0 Å². The molecular weight excluding hydrogens is 641 g/mol. The highest BCUT2D eigenvalue weighted by Gasteiger charge is 2.41. The number of allylic oxidation sites excluding steroid dienone is 8. The molecule has 0 radical (unpaired) electrons. The summed E-state index contributed by atoms with van der Waals surface area (Å²) in [5.41, 5.74) is 22.2. The van der Waals surface area contributed by atoms with Gasteiger partial charge in [0.05, 0.1) is 16.7 Å². The molecule has 2 heteroatoms. The van der Waals surface area contributed by atoms with Crippen LogP contribution in [0.4, 0.5) is 11.4 Å². The van der Waals surface area contributed by atoms with Crippen LogP contribution in [0.1, 0.15) is 89.5 Å². The van der Waals surface area contributed by atoms with E-state index in [0.29, 0.717) is 0 Å². The number of para-hydroxylation sites is 2. The van der Waals surface area contributed by atoms with E-state index in [2.05, 4.69) is 172 Å². The Morgan fingerprint density at radius 2 is 1.25 bits per heavy atom. The molecule has 6 aromatic rings. The molecule has 0 fully saturated rings. The highest BCUT2D eigenvalue weighted by atomic mass is 15.2. The molecule has 4 aliphatic carbocycles. The fourth-order valence-electron chi connectivity index (χ4n) is 11.1. The van der Waals surface area contributed by atoms with Crippen LogP contribution in [0.25, 0.3) is 38.6 Å².